The molecule has 90 valence electrons. The molecule has 0 spiro atoms. The third-order valence-corrected chi connectivity index (χ3v) is 1.76. The predicted molar refractivity (Wildman–Crippen MR) is 58.2 cm³/mol. The van der Waals surface area contributed by atoms with Gasteiger partial charge in [0.25, 0.3) is 0 Å². The Morgan fingerprint density at radius 2 is 2.13 bits per heavy atom. The lowest BCUT2D eigenvalue weighted by Crippen LogP contribution is -2.29. The molecule has 0 aromatic carbocycles. The summed E-state index contributed by atoms with van der Waals surface area (Å²) < 4.78 is 10.1. The van der Waals surface area contributed by atoms with Crippen LogP contribution in [-0.4, -0.2) is 51.1 Å². The number of nitrogens with one attached hydrogen (secondary N) is 1. The zero-order chi connectivity index (χ0) is 11.4. The SMILES string of the molecule is COCCOCCCCNCC(N)=NO. The first-order valence-corrected chi connectivity index (χ1v) is 5.05. The summed E-state index contributed by atoms with van der Waals surface area (Å²) in [5.41, 5.74) is 5.27. The number of unbranched alkanes of at least 4 members (excludes halogenated alkanes) is 1. The Balaban J connectivity index is 2.99. The van der Waals surface area contributed by atoms with Crippen LogP contribution >= 0.6 is 0 Å². The van der Waals surface area contributed by atoms with Gasteiger partial charge in [0.2, 0.25) is 0 Å². The molecule has 0 amide bonds. The molecule has 0 saturated carbocycles. The number of rotatable bonds is 10. The summed E-state index contributed by atoms with van der Waals surface area (Å²) in [6.07, 6.45) is 2.00. The van der Waals surface area contributed by atoms with Crippen molar-refractivity contribution >= 4 is 5.84 Å². The normalized spacial score (nSPS) is 11.9. The summed E-state index contributed by atoms with van der Waals surface area (Å²) in [6, 6.07) is 0. The van der Waals surface area contributed by atoms with Gasteiger partial charge in [-0.25, -0.2) is 0 Å². The van der Waals surface area contributed by atoms with Crippen molar-refractivity contribution in [2.24, 2.45) is 10.9 Å². The van der Waals surface area contributed by atoms with Crippen LogP contribution in [0.2, 0.25) is 0 Å². The van der Waals surface area contributed by atoms with Crippen molar-refractivity contribution in [2.75, 3.05) is 40.0 Å². The quantitative estimate of drug-likeness (QED) is 0.155. The van der Waals surface area contributed by atoms with Gasteiger partial charge in [-0.15, -0.1) is 0 Å². The monoisotopic (exact) mass is 219 g/mol. The molecule has 0 aliphatic carbocycles. The Kier molecular flexibility index (Phi) is 10.6. The highest BCUT2D eigenvalue weighted by Gasteiger charge is 1.93. The van der Waals surface area contributed by atoms with E-state index < -0.39 is 0 Å². The maximum absolute atomic E-state index is 8.25. The zero-order valence-corrected chi connectivity index (χ0v) is 9.24. The molecule has 0 aliphatic rings. The van der Waals surface area contributed by atoms with Gasteiger partial charge in [-0.05, 0) is 19.4 Å². The van der Waals surface area contributed by atoms with Crippen LogP contribution < -0.4 is 11.1 Å². The minimum absolute atomic E-state index is 0.200. The second-order valence-electron chi connectivity index (χ2n) is 3.08. The van der Waals surface area contributed by atoms with Gasteiger partial charge in [-0.1, -0.05) is 5.16 Å². The van der Waals surface area contributed by atoms with E-state index in [1.165, 1.54) is 0 Å². The Bertz CT molecular complexity index is 165. The number of ether oxygens (including phenoxy) is 2. The van der Waals surface area contributed by atoms with Gasteiger partial charge < -0.3 is 25.7 Å². The summed E-state index contributed by atoms with van der Waals surface area (Å²) >= 11 is 0. The van der Waals surface area contributed by atoms with E-state index in [4.69, 9.17) is 20.4 Å². The Hall–Kier alpha value is -0.850. The molecule has 0 bridgehead atoms. The van der Waals surface area contributed by atoms with Gasteiger partial charge in [-0.2, -0.15) is 0 Å². The first-order chi connectivity index (χ1) is 7.31. The van der Waals surface area contributed by atoms with E-state index in [0.717, 1.165) is 26.0 Å². The van der Waals surface area contributed by atoms with Gasteiger partial charge in [0.15, 0.2) is 5.84 Å². The molecule has 0 heterocycles. The van der Waals surface area contributed by atoms with E-state index in [1.807, 2.05) is 0 Å². The lowest BCUT2D eigenvalue weighted by Gasteiger charge is -2.04. The Labute approximate surface area is 90.4 Å². The van der Waals surface area contributed by atoms with Crippen LogP contribution in [0.5, 0.6) is 0 Å². The van der Waals surface area contributed by atoms with Crippen molar-refractivity contribution in [3.05, 3.63) is 0 Å². The first kappa shape index (κ1) is 14.2. The number of nitrogens with two attached hydrogens (primary N) is 1. The summed E-state index contributed by atoms with van der Waals surface area (Å²) in [6.45, 7) is 3.29. The number of hydrogen-bond donors (Lipinski definition) is 3. The molecule has 6 heteroatoms. The van der Waals surface area contributed by atoms with Crippen LogP contribution in [0, 0.1) is 0 Å². The molecule has 6 nitrogen and oxygen atoms in total. The van der Waals surface area contributed by atoms with Crippen LogP contribution in [0.1, 0.15) is 12.8 Å². The summed E-state index contributed by atoms with van der Waals surface area (Å²) in [5.74, 6) is 0.200. The van der Waals surface area contributed by atoms with Crippen molar-refractivity contribution in [3.8, 4) is 0 Å². The lowest BCUT2D eigenvalue weighted by molar-refractivity contribution is 0.0688. The molecule has 4 N–H and O–H groups in total. The molecule has 0 unspecified atom stereocenters. The fraction of sp³-hybridized carbons (Fsp3) is 0.889. The number of hydrogen-bond acceptors (Lipinski definition) is 5. The molecular formula is C9H21N3O3. The van der Waals surface area contributed by atoms with Gasteiger partial charge in [0, 0.05) is 13.7 Å². The second-order valence-corrected chi connectivity index (χ2v) is 3.08. The fourth-order valence-electron chi connectivity index (χ4n) is 0.950. The number of oxime groups is 1. The van der Waals surface area contributed by atoms with E-state index in [2.05, 4.69) is 10.5 Å². The average Bonchev–Trinajstić information content (AvgIpc) is 2.26. The van der Waals surface area contributed by atoms with E-state index in [0.29, 0.717) is 19.8 Å². The summed E-state index contributed by atoms with van der Waals surface area (Å²) in [5, 5.41) is 14.1. The third-order valence-electron chi connectivity index (χ3n) is 1.76. The molecule has 0 radical (unpaired) electrons. The highest BCUT2D eigenvalue weighted by atomic mass is 16.5. The summed E-state index contributed by atoms with van der Waals surface area (Å²) in [7, 11) is 1.65. The van der Waals surface area contributed by atoms with E-state index in [1.54, 1.807) is 7.11 Å². The maximum atomic E-state index is 8.25. The molecule has 0 aliphatic heterocycles. The van der Waals surface area contributed by atoms with Crippen LogP contribution in [0.25, 0.3) is 0 Å². The van der Waals surface area contributed by atoms with Crippen molar-refractivity contribution in [2.45, 2.75) is 12.8 Å². The van der Waals surface area contributed by atoms with Crippen LogP contribution in [0.4, 0.5) is 0 Å². The standard InChI is InChI=1S/C9H21N3O3/c1-14-6-7-15-5-3-2-4-11-8-9(10)12-13/h11,13H,2-8H2,1H3,(H2,10,12). The Morgan fingerprint density at radius 3 is 2.80 bits per heavy atom. The average molecular weight is 219 g/mol. The number of amidine groups is 1. The third kappa shape index (κ3) is 11.1. The lowest BCUT2D eigenvalue weighted by atomic mass is 10.3. The van der Waals surface area contributed by atoms with Crippen LogP contribution in [0.3, 0.4) is 0 Å². The van der Waals surface area contributed by atoms with Crippen LogP contribution in [-0.2, 0) is 9.47 Å². The van der Waals surface area contributed by atoms with Crippen molar-refractivity contribution in [3.63, 3.8) is 0 Å². The Morgan fingerprint density at radius 1 is 1.33 bits per heavy atom. The highest BCUT2D eigenvalue weighted by molar-refractivity contribution is 5.81. The second kappa shape index (κ2) is 11.2. The van der Waals surface area contributed by atoms with Gasteiger partial charge >= 0.3 is 0 Å². The van der Waals surface area contributed by atoms with Gasteiger partial charge in [0.1, 0.15) is 0 Å². The molecule has 0 fully saturated rings. The molecule has 0 aromatic heterocycles. The molecule has 0 rings (SSSR count). The number of nitrogens with zero attached hydrogens (tertiary/aromatic N) is 1. The van der Waals surface area contributed by atoms with Crippen molar-refractivity contribution in [1.29, 1.82) is 0 Å². The summed E-state index contributed by atoms with van der Waals surface area (Å²) in [4.78, 5) is 0. The van der Waals surface area contributed by atoms with Gasteiger partial charge in [0.05, 0.1) is 19.8 Å². The minimum atomic E-state index is 0.200. The number of methoxy groups -OCH3 is 1. The fourth-order valence-corrected chi connectivity index (χ4v) is 0.950. The van der Waals surface area contributed by atoms with Crippen LogP contribution in [0.15, 0.2) is 5.16 Å². The highest BCUT2D eigenvalue weighted by Crippen LogP contribution is 1.88. The van der Waals surface area contributed by atoms with Crippen molar-refractivity contribution < 1.29 is 14.7 Å². The first-order valence-electron chi connectivity index (χ1n) is 5.05. The maximum Gasteiger partial charge on any atom is 0.153 e. The largest absolute Gasteiger partial charge is 0.409 e. The predicted octanol–water partition coefficient (Wildman–Crippen LogP) is -0.234. The zero-order valence-electron chi connectivity index (χ0n) is 9.24. The molecule has 0 aromatic rings. The van der Waals surface area contributed by atoms with E-state index >= 15 is 0 Å². The molecule has 0 atom stereocenters. The smallest absolute Gasteiger partial charge is 0.153 e. The molecule has 0 saturated heterocycles. The van der Waals surface area contributed by atoms with E-state index in [-0.39, 0.29) is 5.84 Å². The van der Waals surface area contributed by atoms with Crippen molar-refractivity contribution in [1.82, 2.24) is 5.32 Å². The minimum Gasteiger partial charge on any atom is -0.409 e. The molecule has 15 heavy (non-hydrogen) atoms. The van der Waals surface area contributed by atoms with E-state index in [9.17, 15) is 0 Å². The topological polar surface area (TPSA) is 89.1 Å². The van der Waals surface area contributed by atoms with Gasteiger partial charge in [-0.3, -0.25) is 0 Å². The molecular weight excluding hydrogens is 198 g/mol.